The van der Waals surface area contributed by atoms with Crippen molar-refractivity contribution in [2.24, 2.45) is 0 Å². The molecule has 0 spiro atoms. The number of rotatable bonds is 6. The molecule has 11 heteroatoms. The smallest absolute Gasteiger partial charge is 0.338 e. The lowest BCUT2D eigenvalue weighted by Crippen LogP contribution is -2.30. The van der Waals surface area contributed by atoms with Gasteiger partial charge in [0.05, 0.1) is 12.7 Å². The summed E-state index contributed by atoms with van der Waals surface area (Å²) in [4.78, 5) is 12.9. The number of anilines is 1. The molecular formula is C22H19N7O2S2. The minimum atomic E-state index is -0.505. The second-order valence-corrected chi connectivity index (χ2v) is 9.50. The molecule has 0 saturated heterocycles. The normalized spacial score (nSPS) is 15.2. The SMILES string of the molecule is COC(=O)C1=C(CSc2nnc(-c3ccccc3)s2)Nc2nnnn2C1c1ccc(C)cc1. The summed E-state index contributed by atoms with van der Waals surface area (Å²) in [7, 11) is 1.37. The van der Waals surface area contributed by atoms with Gasteiger partial charge < -0.3 is 10.1 Å². The number of hydrogen-bond acceptors (Lipinski definition) is 10. The Balaban J connectivity index is 1.48. The lowest BCUT2D eigenvalue weighted by Gasteiger charge is -2.28. The monoisotopic (exact) mass is 477 g/mol. The minimum Gasteiger partial charge on any atom is -0.466 e. The number of methoxy groups -OCH3 is 1. The van der Waals surface area contributed by atoms with Gasteiger partial charge in [0.15, 0.2) is 4.34 Å². The van der Waals surface area contributed by atoms with Crippen molar-refractivity contribution in [2.75, 3.05) is 18.2 Å². The number of hydrogen-bond donors (Lipinski definition) is 1. The fourth-order valence-electron chi connectivity index (χ4n) is 3.55. The van der Waals surface area contributed by atoms with E-state index in [2.05, 4.69) is 31.0 Å². The van der Waals surface area contributed by atoms with Crippen LogP contribution in [0.2, 0.25) is 0 Å². The van der Waals surface area contributed by atoms with E-state index >= 15 is 0 Å². The lowest BCUT2D eigenvalue weighted by atomic mass is 9.95. The predicted molar refractivity (Wildman–Crippen MR) is 126 cm³/mol. The molecule has 0 radical (unpaired) electrons. The summed E-state index contributed by atoms with van der Waals surface area (Å²) >= 11 is 2.99. The van der Waals surface area contributed by atoms with Crippen molar-refractivity contribution in [2.45, 2.75) is 17.3 Å². The number of fused-ring (bicyclic) bond motifs is 1. The van der Waals surface area contributed by atoms with Crippen LogP contribution in [0.3, 0.4) is 0 Å². The third kappa shape index (κ3) is 4.24. The van der Waals surface area contributed by atoms with Crippen molar-refractivity contribution in [3.8, 4) is 10.6 Å². The number of aromatic nitrogens is 6. The van der Waals surface area contributed by atoms with E-state index in [0.717, 1.165) is 26.0 Å². The van der Waals surface area contributed by atoms with Gasteiger partial charge in [-0.15, -0.1) is 10.2 Å². The van der Waals surface area contributed by atoms with Gasteiger partial charge >= 0.3 is 5.97 Å². The molecule has 2 aromatic carbocycles. The van der Waals surface area contributed by atoms with Crippen molar-refractivity contribution in [1.29, 1.82) is 0 Å². The van der Waals surface area contributed by atoms with E-state index in [1.165, 1.54) is 30.2 Å². The van der Waals surface area contributed by atoms with Crippen molar-refractivity contribution >= 4 is 35.0 Å². The number of aryl methyl sites for hydroxylation is 1. The Morgan fingerprint density at radius 1 is 1.12 bits per heavy atom. The van der Waals surface area contributed by atoms with Crippen molar-refractivity contribution in [3.05, 3.63) is 77.0 Å². The number of carbonyl (C=O) groups excluding carboxylic acids is 1. The average molecular weight is 478 g/mol. The zero-order chi connectivity index (χ0) is 22.8. The Kier molecular flexibility index (Phi) is 5.88. The van der Waals surface area contributed by atoms with E-state index < -0.39 is 12.0 Å². The summed E-state index contributed by atoms with van der Waals surface area (Å²) < 4.78 is 7.54. The fraction of sp³-hybridized carbons (Fsp3) is 0.182. The molecule has 1 aliphatic rings. The third-order valence-electron chi connectivity index (χ3n) is 5.16. The Morgan fingerprint density at radius 3 is 2.67 bits per heavy atom. The van der Waals surface area contributed by atoms with Gasteiger partial charge in [-0.2, -0.15) is 4.68 Å². The van der Waals surface area contributed by atoms with E-state index in [0.29, 0.717) is 23.0 Å². The van der Waals surface area contributed by atoms with Gasteiger partial charge in [-0.25, -0.2) is 4.79 Å². The molecule has 0 amide bonds. The van der Waals surface area contributed by atoms with Crippen molar-refractivity contribution in [1.82, 2.24) is 30.4 Å². The molecule has 0 fully saturated rings. The van der Waals surface area contributed by atoms with Gasteiger partial charge in [0.25, 0.3) is 0 Å². The molecule has 0 aliphatic carbocycles. The topological polar surface area (TPSA) is 108 Å². The van der Waals surface area contributed by atoms with Crippen molar-refractivity contribution in [3.63, 3.8) is 0 Å². The molecule has 1 atom stereocenters. The van der Waals surface area contributed by atoms with Gasteiger partial charge in [-0.3, -0.25) is 0 Å². The van der Waals surface area contributed by atoms with E-state index in [1.807, 2.05) is 61.5 Å². The first-order valence-corrected chi connectivity index (χ1v) is 11.9. The summed E-state index contributed by atoms with van der Waals surface area (Å²) in [6, 6.07) is 17.3. The maximum absolute atomic E-state index is 12.9. The van der Waals surface area contributed by atoms with Crippen LogP contribution in [0.25, 0.3) is 10.6 Å². The highest BCUT2D eigenvalue weighted by atomic mass is 32.2. The number of esters is 1. The van der Waals surface area contributed by atoms with Gasteiger partial charge in [0.2, 0.25) is 5.95 Å². The summed E-state index contributed by atoms with van der Waals surface area (Å²) in [5.74, 6) is 0.474. The van der Waals surface area contributed by atoms with Crippen molar-refractivity contribution < 1.29 is 9.53 Å². The summed E-state index contributed by atoms with van der Waals surface area (Å²) in [5, 5.41) is 24.7. The highest BCUT2D eigenvalue weighted by molar-refractivity contribution is 8.01. The van der Waals surface area contributed by atoms with Gasteiger partial charge in [0.1, 0.15) is 11.0 Å². The number of nitrogens with one attached hydrogen (secondary N) is 1. The Hall–Kier alpha value is -3.57. The first kappa shape index (κ1) is 21.3. The molecular weight excluding hydrogens is 458 g/mol. The number of thioether (sulfide) groups is 1. The number of benzene rings is 2. The van der Waals surface area contributed by atoms with Crippen LogP contribution in [0.4, 0.5) is 5.95 Å². The molecule has 2 aromatic heterocycles. The van der Waals surface area contributed by atoms with E-state index in [9.17, 15) is 4.79 Å². The number of ether oxygens (including phenoxy) is 1. The molecule has 4 aromatic rings. The van der Waals surface area contributed by atoms with E-state index in [1.54, 1.807) is 4.68 Å². The highest BCUT2D eigenvalue weighted by Crippen LogP contribution is 2.37. The van der Waals surface area contributed by atoms with Crippen LogP contribution in [0.5, 0.6) is 0 Å². The largest absolute Gasteiger partial charge is 0.466 e. The van der Waals surface area contributed by atoms with E-state index in [4.69, 9.17) is 4.74 Å². The van der Waals surface area contributed by atoms with Crippen LogP contribution in [-0.2, 0) is 9.53 Å². The van der Waals surface area contributed by atoms with Crippen LogP contribution in [-0.4, -0.2) is 49.2 Å². The van der Waals surface area contributed by atoms with Crippen LogP contribution < -0.4 is 5.32 Å². The lowest BCUT2D eigenvalue weighted by molar-refractivity contribution is -0.136. The zero-order valence-corrected chi connectivity index (χ0v) is 19.4. The molecule has 5 rings (SSSR count). The zero-order valence-electron chi connectivity index (χ0n) is 17.8. The average Bonchev–Trinajstić information content (AvgIpc) is 3.52. The Bertz CT molecular complexity index is 1320. The maximum Gasteiger partial charge on any atom is 0.338 e. The molecule has 0 bridgehead atoms. The number of carbonyl (C=O) groups is 1. The molecule has 0 saturated carbocycles. The molecule has 33 heavy (non-hydrogen) atoms. The second-order valence-electron chi connectivity index (χ2n) is 7.30. The highest BCUT2D eigenvalue weighted by Gasteiger charge is 2.36. The first-order valence-electron chi connectivity index (χ1n) is 10.1. The first-order chi connectivity index (χ1) is 16.1. The Morgan fingerprint density at radius 2 is 1.91 bits per heavy atom. The van der Waals surface area contributed by atoms with E-state index in [-0.39, 0.29) is 0 Å². The molecule has 3 heterocycles. The van der Waals surface area contributed by atoms with Crippen LogP contribution in [0.1, 0.15) is 17.2 Å². The molecule has 1 N–H and O–H groups in total. The predicted octanol–water partition coefficient (Wildman–Crippen LogP) is 3.73. The third-order valence-corrected chi connectivity index (χ3v) is 7.30. The fourth-order valence-corrected chi connectivity index (χ4v) is 5.38. The number of tetrazole rings is 1. The van der Waals surface area contributed by atoms with Crippen LogP contribution in [0.15, 0.2) is 70.2 Å². The molecule has 9 nitrogen and oxygen atoms in total. The summed E-state index contributed by atoms with van der Waals surface area (Å²) in [5.41, 5.74) is 4.17. The molecule has 166 valence electrons. The summed E-state index contributed by atoms with van der Waals surface area (Å²) in [6.45, 7) is 2.01. The van der Waals surface area contributed by atoms with Gasteiger partial charge in [-0.1, -0.05) is 88.4 Å². The number of nitrogens with zero attached hydrogens (tertiary/aromatic N) is 6. The quantitative estimate of drug-likeness (QED) is 0.328. The Labute approximate surface area is 197 Å². The van der Waals surface area contributed by atoms with Gasteiger partial charge in [-0.05, 0) is 22.9 Å². The van der Waals surface area contributed by atoms with Gasteiger partial charge in [0, 0.05) is 17.0 Å². The minimum absolute atomic E-state index is 0.438. The van der Waals surface area contributed by atoms with Crippen LogP contribution in [0, 0.1) is 6.92 Å². The standard InChI is InChI=1S/C22H19N7O2S2/c1-13-8-10-14(11-9-13)18-17(20(30)31-2)16(23-21-25-27-28-29(18)21)12-32-22-26-24-19(33-22)15-6-4-3-5-7-15/h3-11,18H,12H2,1-2H3,(H,23,25,28). The second kappa shape index (κ2) is 9.12. The molecule has 1 aliphatic heterocycles. The molecule has 1 unspecified atom stereocenters. The maximum atomic E-state index is 12.9. The van der Waals surface area contributed by atoms with Crippen LogP contribution >= 0.6 is 23.1 Å². The summed E-state index contributed by atoms with van der Waals surface area (Å²) in [6.07, 6.45) is 0.